The number of aliphatic hydroxyl groups is 1. The van der Waals surface area contributed by atoms with Gasteiger partial charge in [0.25, 0.3) is 0 Å². The second-order valence-corrected chi connectivity index (χ2v) is 4.60. The first-order chi connectivity index (χ1) is 7.17. The Morgan fingerprint density at radius 1 is 1.53 bits per heavy atom. The summed E-state index contributed by atoms with van der Waals surface area (Å²) in [6, 6.07) is 5.72. The van der Waals surface area contributed by atoms with Gasteiger partial charge in [-0.1, -0.05) is 6.92 Å². The molecule has 3 N–H and O–H groups in total. The summed E-state index contributed by atoms with van der Waals surface area (Å²) >= 11 is 1.70. The van der Waals surface area contributed by atoms with Gasteiger partial charge in [0.1, 0.15) is 5.75 Å². The van der Waals surface area contributed by atoms with Gasteiger partial charge in [0.05, 0.1) is 12.8 Å². The number of methoxy groups -OCH3 is 1. The quantitative estimate of drug-likeness (QED) is 0.596. The number of hydrogen-bond acceptors (Lipinski definition) is 4. The fourth-order valence-electron chi connectivity index (χ4n) is 1.07. The Morgan fingerprint density at radius 3 is 2.87 bits per heavy atom. The molecule has 1 unspecified atom stereocenters. The Kier molecular flexibility index (Phi) is 4.78. The van der Waals surface area contributed by atoms with Gasteiger partial charge in [-0.25, -0.2) is 0 Å². The van der Waals surface area contributed by atoms with Crippen molar-refractivity contribution < 1.29 is 9.84 Å². The highest BCUT2D eigenvalue weighted by molar-refractivity contribution is 7.99. The highest BCUT2D eigenvalue weighted by atomic mass is 32.2. The second kappa shape index (κ2) is 5.88. The molecule has 0 amide bonds. The summed E-state index contributed by atoms with van der Waals surface area (Å²) in [5.74, 6) is 1.90. The number of rotatable bonds is 5. The van der Waals surface area contributed by atoms with E-state index in [0.717, 1.165) is 10.6 Å². The summed E-state index contributed by atoms with van der Waals surface area (Å²) in [7, 11) is 1.61. The third-order valence-corrected chi connectivity index (χ3v) is 3.37. The smallest absolute Gasteiger partial charge is 0.142 e. The Balaban J connectivity index is 2.62. The van der Waals surface area contributed by atoms with Crippen LogP contribution >= 0.6 is 11.8 Å². The normalized spacial score (nSPS) is 12.5. The van der Waals surface area contributed by atoms with Gasteiger partial charge in [-0.3, -0.25) is 0 Å². The van der Waals surface area contributed by atoms with E-state index in [2.05, 4.69) is 0 Å². The van der Waals surface area contributed by atoms with Crippen LogP contribution in [0.25, 0.3) is 0 Å². The number of nitrogen functional groups attached to an aromatic ring is 1. The van der Waals surface area contributed by atoms with Gasteiger partial charge < -0.3 is 15.6 Å². The molecule has 1 aromatic carbocycles. The van der Waals surface area contributed by atoms with Crippen molar-refractivity contribution in [3.8, 4) is 5.75 Å². The number of anilines is 1. The molecule has 0 aliphatic heterocycles. The lowest BCUT2D eigenvalue weighted by molar-refractivity contribution is 0.250. The topological polar surface area (TPSA) is 55.5 Å². The number of ether oxygens (including phenoxy) is 1. The van der Waals surface area contributed by atoms with Crippen molar-refractivity contribution in [2.75, 3.05) is 25.2 Å². The average molecular weight is 227 g/mol. The van der Waals surface area contributed by atoms with Crippen molar-refractivity contribution >= 4 is 17.4 Å². The van der Waals surface area contributed by atoms with Crippen molar-refractivity contribution in [1.82, 2.24) is 0 Å². The maximum atomic E-state index is 8.90. The predicted molar refractivity (Wildman–Crippen MR) is 64.4 cm³/mol. The molecule has 1 aromatic rings. The molecule has 1 rings (SSSR count). The van der Waals surface area contributed by atoms with Crippen molar-refractivity contribution in [3.63, 3.8) is 0 Å². The van der Waals surface area contributed by atoms with E-state index >= 15 is 0 Å². The van der Waals surface area contributed by atoms with E-state index < -0.39 is 0 Å². The third-order valence-electron chi connectivity index (χ3n) is 2.05. The van der Waals surface area contributed by atoms with Crippen LogP contribution in [-0.2, 0) is 0 Å². The van der Waals surface area contributed by atoms with Crippen LogP contribution in [0.1, 0.15) is 6.92 Å². The molecule has 84 valence electrons. The molecule has 0 aliphatic rings. The van der Waals surface area contributed by atoms with E-state index in [1.807, 2.05) is 25.1 Å². The fraction of sp³-hybridized carbons (Fsp3) is 0.455. The van der Waals surface area contributed by atoms with E-state index in [0.29, 0.717) is 17.4 Å². The maximum absolute atomic E-state index is 8.90. The SMILES string of the molecule is COc1cc(SCC(C)CO)ccc1N. The van der Waals surface area contributed by atoms with E-state index in [9.17, 15) is 0 Å². The van der Waals surface area contributed by atoms with Crippen LogP contribution in [0.5, 0.6) is 5.75 Å². The monoisotopic (exact) mass is 227 g/mol. The molecule has 3 nitrogen and oxygen atoms in total. The molecule has 1 atom stereocenters. The minimum atomic E-state index is 0.221. The molecule has 0 heterocycles. The first-order valence-electron chi connectivity index (χ1n) is 4.84. The summed E-state index contributed by atoms with van der Waals surface area (Å²) in [6.07, 6.45) is 0. The van der Waals surface area contributed by atoms with Gasteiger partial charge in [0, 0.05) is 17.3 Å². The molecule has 15 heavy (non-hydrogen) atoms. The van der Waals surface area contributed by atoms with Crippen molar-refractivity contribution in [1.29, 1.82) is 0 Å². The molecular weight excluding hydrogens is 210 g/mol. The number of benzene rings is 1. The molecule has 0 saturated heterocycles. The molecule has 0 spiro atoms. The summed E-state index contributed by atoms with van der Waals surface area (Å²) in [5.41, 5.74) is 6.36. The highest BCUT2D eigenvalue weighted by Gasteiger charge is 2.04. The van der Waals surface area contributed by atoms with Crippen molar-refractivity contribution in [2.24, 2.45) is 5.92 Å². The van der Waals surface area contributed by atoms with Crippen LogP contribution in [0.3, 0.4) is 0 Å². The van der Waals surface area contributed by atoms with Crippen LogP contribution in [0.2, 0.25) is 0 Å². The zero-order valence-corrected chi connectivity index (χ0v) is 9.88. The zero-order valence-electron chi connectivity index (χ0n) is 9.06. The molecule has 0 bridgehead atoms. The fourth-order valence-corrected chi connectivity index (χ4v) is 2.01. The lowest BCUT2D eigenvalue weighted by Gasteiger charge is -2.09. The average Bonchev–Trinajstić information content (AvgIpc) is 2.27. The zero-order chi connectivity index (χ0) is 11.3. The molecule has 0 saturated carbocycles. The van der Waals surface area contributed by atoms with Crippen LogP contribution in [-0.4, -0.2) is 24.6 Å². The maximum Gasteiger partial charge on any atom is 0.142 e. The van der Waals surface area contributed by atoms with E-state index in [4.69, 9.17) is 15.6 Å². The van der Waals surface area contributed by atoms with Gasteiger partial charge in [0.2, 0.25) is 0 Å². The van der Waals surface area contributed by atoms with Crippen molar-refractivity contribution in [2.45, 2.75) is 11.8 Å². The molecular formula is C11H17NO2S. The Bertz CT molecular complexity index is 317. The van der Waals surface area contributed by atoms with Crippen LogP contribution in [0.15, 0.2) is 23.1 Å². The Hall–Kier alpha value is -0.870. The van der Waals surface area contributed by atoms with E-state index in [-0.39, 0.29) is 6.61 Å². The highest BCUT2D eigenvalue weighted by Crippen LogP contribution is 2.29. The summed E-state index contributed by atoms with van der Waals surface area (Å²) in [5, 5.41) is 8.90. The minimum Gasteiger partial charge on any atom is -0.495 e. The summed E-state index contributed by atoms with van der Waals surface area (Å²) < 4.78 is 5.13. The molecule has 0 aromatic heterocycles. The van der Waals surface area contributed by atoms with Crippen LogP contribution in [0, 0.1) is 5.92 Å². The second-order valence-electron chi connectivity index (χ2n) is 3.50. The molecule has 4 heteroatoms. The number of aliphatic hydroxyl groups excluding tert-OH is 1. The van der Waals surface area contributed by atoms with Crippen LogP contribution in [0.4, 0.5) is 5.69 Å². The Labute approximate surface area is 94.6 Å². The van der Waals surface area contributed by atoms with Crippen molar-refractivity contribution in [3.05, 3.63) is 18.2 Å². The molecule has 0 aliphatic carbocycles. The van der Waals surface area contributed by atoms with E-state index in [1.165, 1.54) is 0 Å². The largest absolute Gasteiger partial charge is 0.495 e. The lowest BCUT2D eigenvalue weighted by atomic mass is 10.2. The lowest BCUT2D eigenvalue weighted by Crippen LogP contribution is -2.03. The summed E-state index contributed by atoms with van der Waals surface area (Å²) in [6.45, 7) is 2.24. The number of hydrogen-bond donors (Lipinski definition) is 2. The number of nitrogens with two attached hydrogens (primary N) is 1. The first-order valence-corrected chi connectivity index (χ1v) is 5.83. The molecule has 0 radical (unpaired) electrons. The standard InChI is InChI=1S/C11H17NO2S/c1-8(6-13)7-15-9-3-4-10(12)11(5-9)14-2/h3-5,8,13H,6-7,12H2,1-2H3. The van der Waals surface area contributed by atoms with Gasteiger partial charge >= 0.3 is 0 Å². The first kappa shape index (κ1) is 12.2. The van der Waals surface area contributed by atoms with Gasteiger partial charge in [-0.15, -0.1) is 11.8 Å². The third kappa shape index (κ3) is 3.64. The van der Waals surface area contributed by atoms with Gasteiger partial charge in [0.15, 0.2) is 0 Å². The summed E-state index contributed by atoms with van der Waals surface area (Å²) in [4.78, 5) is 1.11. The number of thioether (sulfide) groups is 1. The predicted octanol–water partition coefficient (Wildman–Crippen LogP) is 2.00. The van der Waals surface area contributed by atoms with Gasteiger partial charge in [-0.05, 0) is 24.1 Å². The van der Waals surface area contributed by atoms with Crippen LogP contribution < -0.4 is 10.5 Å². The minimum absolute atomic E-state index is 0.221. The molecule has 0 fully saturated rings. The van der Waals surface area contributed by atoms with E-state index in [1.54, 1.807) is 18.9 Å². The Morgan fingerprint density at radius 2 is 2.27 bits per heavy atom. The van der Waals surface area contributed by atoms with Gasteiger partial charge in [-0.2, -0.15) is 0 Å².